The SMILES string of the molecule is Cc1csc2nc(CNC(c3cccs3)C(C)C)cc(=O)n12. The topological polar surface area (TPSA) is 46.4 Å². The van der Waals surface area contributed by atoms with Crippen molar-refractivity contribution < 1.29 is 0 Å². The third kappa shape index (κ3) is 2.99. The van der Waals surface area contributed by atoms with E-state index < -0.39 is 0 Å². The largest absolute Gasteiger partial charge is 0.303 e. The van der Waals surface area contributed by atoms with Gasteiger partial charge in [-0.15, -0.1) is 22.7 Å². The molecule has 116 valence electrons. The molecule has 1 atom stereocenters. The van der Waals surface area contributed by atoms with Crippen LogP contribution in [0.1, 0.15) is 36.2 Å². The van der Waals surface area contributed by atoms with Crippen LogP contribution in [0.2, 0.25) is 0 Å². The Hall–Kier alpha value is -1.50. The maximum Gasteiger partial charge on any atom is 0.259 e. The fraction of sp³-hybridized carbons (Fsp3) is 0.375. The molecule has 0 spiro atoms. The van der Waals surface area contributed by atoms with E-state index in [1.54, 1.807) is 21.8 Å². The van der Waals surface area contributed by atoms with E-state index in [4.69, 9.17) is 0 Å². The summed E-state index contributed by atoms with van der Waals surface area (Å²) in [6.45, 7) is 6.93. The fourth-order valence-electron chi connectivity index (χ4n) is 2.54. The van der Waals surface area contributed by atoms with Crippen LogP contribution < -0.4 is 10.9 Å². The van der Waals surface area contributed by atoms with E-state index in [9.17, 15) is 4.79 Å². The van der Waals surface area contributed by atoms with Crippen molar-refractivity contribution in [2.75, 3.05) is 0 Å². The van der Waals surface area contributed by atoms with Crippen LogP contribution in [0.3, 0.4) is 0 Å². The lowest BCUT2D eigenvalue weighted by Crippen LogP contribution is -2.26. The summed E-state index contributed by atoms with van der Waals surface area (Å²) in [5.41, 5.74) is 1.74. The lowest BCUT2D eigenvalue weighted by Gasteiger charge is -2.21. The third-order valence-electron chi connectivity index (χ3n) is 3.65. The summed E-state index contributed by atoms with van der Waals surface area (Å²) in [5.74, 6) is 0.479. The van der Waals surface area contributed by atoms with Crippen molar-refractivity contribution in [3.63, 3.8) is 0 Å². The molecule has 3 aromatic rings. The van der Waals surface area contributed by atoms with Crippen LogP contribution in [0.5, 0.6) is 0 Å². The molecule has 0 radical (unpaired) electrons. The van der Waals surface area contributed by atoms with Crippen LogP contribution in [-0.4, -0.2) is 9.38 Å². The Labute approximate surface area is 137 Å². The number of fused-ring (bicyclic) bond motifs is 1. The van der Waals surface area contributed by atoms with Gasteiger partial charge in [-0.25, -0.2) is 4.98 Å². The first-order chi connectivity index (χ1) is 10.6. The molecule has 0 bridgehead atoms. The lowest BCUT2D eigenvalue weighted by atomic mass is 10.0. The Morgan fingerprint density at radius 2 is 2.18 bits per heavy atom. The number of aryl methyl sites for hydroxylation is 1. The molecule has 0 amide bonds. The van der Waals surface area contributed by atoms with Gasteiger partial charge >= 0.3 is 0 Å². The minimum atomic E-state index is -0.00206. The first-order valence-electron chi connectivity index (χ1n) is 7.30. The van der Waals surface area contributed by atoms with Crippen molar-refractivity contribution >= 4 is 27.6 Å². The van der Waals surface area contributed by atoms with Crippen LogP contribution >= 0.6 is 22.7 Å². The molecule has 1 N–H and O–H groups in total. The van der Waals surface area contributed by atoms with E-state index in [0.29, 0.717) is 12.5 Å². The van der Waals surface area contributed by atoms with Crippen molar-refractivity contribution in [1.82, 2.24) is 14.7 Å². The van der Waals surface area contributed by atoms with Gasteiger partial charge in [0.15, 0.2) is 4.96 Å². The molecule has 6 heteroatoms. The molecule has 3 rings (SSSR count). The zero-order valence-electron chi connectivity index (χ0n) is 12.9. The van der Waals surface area contributed by atoms with Crippen molar-refractivity contribution in [3.8, 4) is 0 Å². The maximum absolute atomic E-state index is 12.2. The van der Waals surface area contributed by atoms with Gasteiger partial charge in [0, 0.05) is 34.6 Å². The van der Waals surface area contributed by atoms with Crippen LogP contribution in [0.25, 0.3) is 4.96 Å². The van der Waals surface area contributed by atoms with E-state index >= 15 is 0 Å². The zero-order chi connectivity index (χ0) is 15.7. The summed E-state index contributed by atoms with van der Waals surface area (Å²) < 4.78 is 1.66. The summed E-state index contributed by atoms with van der Waals surface area (Å²) in [5, 5.41) is 7.60. The molecular formula is C16H19N3OS2. The molecule has 0 saturated heterocycles. The number of rotatable bonds is 5. The second-order valence-corrected chi connectivity index (χ2v) is 7.51. The molecule has 0 aliphatic heterocycles. The second-order valence-electron chi connectivity index (χ2n) is 5.70. The van der Waals surface area contributed by atoms with Gasteiger partial charge < -0.3 is 5.32 Å². The summed E-state index contributed by atoms with van der Waals surface area (Å²) in [7, 11) is 0. The lowest BCUT2D eigenvalue weighted by molar-refractivity contribution is 0.414. The predicted molar refractivity (Wildman–Crippen MR) is 92.8 cm³/mol. The normalized spacial score (nSPS) is 13.1. The smallest absolute Gasteiger partial charge is 0.259 e. The maximum atomic E-state index is 12.2. The average molecular weight is 333 g/mol. The number of thiophene rings is 1. The van der Waals surface area contributed by atoms with Gasteiger partial charge in [0.2, 0.25) is 0 Å². The van der Waals surface area contributed by atoms with Gasteiger partial charge in [-0.3, -0.25) is 9.20 Å². The zero-order valence-corrected chi connectivity index (χ0v) is 14.5. The van der Waals surface area contributed by atoms with Gasteiger partial charge in [-0.2, -0.15) is 0 Å². The highest BCUT2D eigenvalue weighted by Gasteiger charge is 2.16. The molecule has 0 saturated carbocycles. The highest BCUT2D eigenvalue weighted by atomic mass is 32.1. The number of aromatic nitrogens is 2. The molecular weight excluding hydrogens is 314 g/mol. The third-order valence-corrected chi connectivity index (χ3v) is 5.55. The number of thiazole rings is 1. The van der Waals surface area contributed by atoms with E-state index in [2.05, 4.69) is 41.7 Å². The molecule has 4 nitrogen and oxygen atoms in total. The molecule has 1 unspecified atom stereocenters. The molecule has 0 aliphatic rings. The van der Waals surface area contributed by atoms with Crippen LogP contribution in [0, 0.1) is 12.8 Å². The van der Waals surface area contributed by atoms with Crippen molar-refractivity contribution in [3.05, 3.63) is 55.6 Å². The summed E-state index contributed by atoms with van der Waals surface area (Å²) >= 11 is 3.26. The van der Waals surface area contributed by atoms with E-state index in [1.165, 1.54) is 16.2 Å². The fourth-order valence-corrected chi connectivity index (χ4v) is 4.40. The van der Waals surface area contributed by atoms with Gasteiger partial charge in [0.05, 0.1) is 5.69 Å². The van der Waals surface area contributed by atoms with Crippen LogP contribution in [0.15, 0.2) is 33.8 Å². The molecule has 0 aliphatic carbocycles. The van der Waals surface area contributed by atoms with Gasteiger partial charge in [-0.05, 0) is 24.3 Å². The Morgan fingerprint density at radius 1 is 1.36 bits per heavy atom. The number of hydrogen-bond acceptors (Lipinski definition) is 5. The summed E-state index contributed by atoms with van der Waals surface area (Å²) in [6, 6.07) is 6.13. The monoisotopic (exact) mass is 333 g/mol. The van der Waals surface area contributed by atoms with E-state index in [-0.39, 0.29) is 11.6 Å². The van der Waals surface area contributed by atoms with Gasteiger partial charge in [0.1, 0.15) is 0 Å². The van der Waals surface area contributed by atoms with E-state index in [1.807, 2.05) is 12.3 Å². The quantitative estimate of drug-likeness (QED) is 0.776. The minimum absolute atomic E-state index is 0.00206. The highest BCUT2D eigenvalue weighted by molar-refractivity contribution is 7.15. The standard InChI is InChI=1S/C16H19N3OS2/c1-10(2)15(13-5-4-6-21-13)17-8-12-7-14(20)19-11(3)9-22-16(19)18-12/h4-7,9-10,15,17H,8H2,1-3H3. The molecule has 3 heterocycles. The highest BCUT2D eigenvalue weighted by Crippen LogP contribution is 2.26. The Morgan fingerprint density at radius 3 is 2.86 bits per heavy atom. The van der Waals surface area contributed by atoms with Crippen LogP contribution in [-0.2, 0) is 6.54 Å². The predicted octanol–water partition coefficient (Wildman–Crippen LogP) is 3.61. The van der Waals surface area contributed by atoms with Gasteiger partial charge in [-0.1, -0.05) is 19.9 Å². The molecule has 0 fully saturated rings. The first-order valence-corrected chi connectivity index (χ1v) is 9.05. The minimum Gasteiger partial charge on any atom is -0.303 e. The summed E-state index contributed by atoms with van der Waals surface area (Å²) in [4.78, 5) is 18.9. The average Bonchev–Trinajstić information content (AvgIpc) is 3.09. The van der Waals surface area contributed by atoms with Gasteiger partial charge in [0.25, 0.3) is 5.56 Å². The number of nitrogens with zero attached hydrogens (tertiary/aromatic N) is 2. The Kier molecular flexibility index (Phi) is 4.42. The Bertz CT molecular complexity index is 818. The first kappa shape index (κ1) is 15.4. The number of nitrogens with one attached hydrogen (secondary N) is 1. The van der Waals surface area contributed by atoms with Crippen LogP contribution in [0.4, 0.5) is 0 Å². The van der Waals surface area contributed by atoms with Crippen molar-refractivity contribution in [1.29, 1.82) is 0 Å². The van der Waals surface area contributed by atoms with Crippen molar-refractivity contribution in [2.24, 2.45) is 5.92 Å². The molecule has 3 aromatic heterocycles. The number of hydrogen-bond donors (Lipinski definition) is 1. The van der Waals surface area contributed by atoms with E-state index in [0.717, 1.165) is 16.3 Å². The Balaban J connectivity index is 1.82. The molecule has 0 aromatic carbocycles. The molecule has 22 heavy (non-hydrogen) atoms. The second kappa shape index (κ2) is 6.32. The summed E-state index contributed by atoms with van der Waals surface area (Å²) in [6.07, 6.45) is 0. The van der Waals surface area contributed by atoms with Crippen molar-refractivity contribution in [2.45, 2.75) is 33.4 Å².